The van der Waals surface area contributed by atoms with Crippen LogP contribution in [0.5, 0.6) is 0 Å². The molecule has 4 fully saturated rings. The molecule has 0 aromatic carbocycles. The third kappa shape index (κ3) is 3.30. The molecule has 0 heterocycles. The van der Waals surface area contributed by atoms with Crippen LogP contribution >= 0.6 is 0 Å². The highest BCUT2D eigenvalue weighted by Gasteiger charge is 2.60. The first kappa shape index (κ1) is 21.4. The molecule has 4 saturated carbocycles. The van der Waals surface area contributed by atoms with E-state index < -0.39 is 54.2 Å². The van der Waals surface area contributed by atoms with Gasteiger partial charge in [0.15, 0.2) is 20.0 Å². The molecule has 4 bridgehead atoms. The summed E-state index contributed by atoms with van der Waals surface area (Å²) < 4.78 is 115. The van der Waals surface area contributed by atoms with Gasteiger partial charge in [0.25, 0.3) is 0 Å². The zero-order chi connectivity index (χ0) is 21.3. The van der Waals surface area contributed by atoms with E-state index >= 15 is 0 Å². The van der Waals surface area contributed by atoms with E-state index in [-0.39, 0.29) is 31.0 Å². The third-order valence-corrected chi connectivity index (χ3v) is 8.27. The number of nitrogens with zero attached hydrogens (tertiary/aromatic N) is 1. The van der Waals surface area contributed by atoms with Crippen molar-refractivity contribution in [3.05, 3.63) is 4.13 Å². The van der Waals surface area contributed by atoms with Crippen molar-refractivity contribution in [3.8, 4) is 0 Å². The van der Waals surface area contributed by atoms with E-state index in [2.05, 4.69) is 0 Å². The number of ether oxygens (including phenoxy) is 1. The van der Waals surface area contributed by atoms with E-state index in [0.29, 0.717) is 12.8 Å². The molecule has 2 unspecified atom stereocenters. The van der Waals surface area contributed by atoms with Crippen LogP contribution in [-0.2, 0) is 34.4 Å². The maximum Gasteiger partial charge on any atom is 0.480 e. The lowest BCUT2D eigenvalue weighted by atomic mass is 9.53. The molecule has 0 amide bonds. The van der Waals surface area contributed by atoms with Gasteiger partial charge >= 0.3 is 16.7 Å². The predicted molar refractivity (Wildman–Crippen MR) is 79.6 cm³/mol. The fourth-order valence-electron chi connectivity index (χ4n) is 4.38. The zero-order valence-corrected chi connectivity index (χ0v) is 15.4. The average Bonchev–Trinajstić information content (AvgIpc) is 2.48. The van der Waals surface area contributed by atoms with E-state index in [9.17, 15) is 48.4 Å². The monoisotopic (exact) mass is 454 g/mol. The molecule has 4 aliphatic carbocycles. The van der Waals surface area contributed by atoms with Crippen molar-refractivity contribution in [2.75, 3.05) is 0 Å². The van der Waals surface area contributed by atoms with Gasteiger partial charge < -0.3 is 8.86 Å². The van der Waals surface area contributed by atoms with Crippen molar-refractivity contribution in [1.29, 1.82) is 0 Å². The Balaban J connectivity index is 1.81. The van der Waals surface area contributed by atoms with Crippen LogP contribution in [0.15, 0.2) is 0 Å². The molecule has 0 N–H and O–H groups in total. The molecule has 0 radical (unpaired) electrons. The summed E-state index contributed by atoms with van der Waals surface area (Å²) in [6.45, 7) is 0. The minimum Gasteiger partial charge on any atom is -0.454 e. The maximum absolute atomic E-state index is 14.0. The lowest BCUT2D eigenvalue weighted by Gasteiger charge is -2.54. The Kier molecular flexibility index (Phi) is 4.63. The smallest absolute Gasteiger partial charge is 0.454 e. The molecule has 2 atom stereocenters. The van der Waals surface area contributed by atoms with Gasteiger partial charge in [-0.2, -0.15) is 22.0 Å². The standard InChI is InChI=1S/C13H13F5NO7S2/c14-12(15,27(22,23)19-28(24,25)13(16,17)18)10(21)26-11-3-6-1-7(4-11)9(20)8(2-6)5-11/h6-8H,1-5H2/q-1. The van der Waals surface area contributed by atoms with Crippen LogP contribution in [0.1, 0.15) is 32.1 Å². The summed E-state index contributed by atoms with van der Waals surface area (Å²) in [4.78, 5) is 23.9. The highest BCUT2D eigenvalue weighted by molar-refractivity contribution is 8.13. The summed E-state index contributed by atoms with van der Waals surface area (Å²) in [5, 5.41) is -5.65. The molecule has 0 aromatic rings. The van der Waals surface area contributed by atoms with Crippen LogP contribution < -0.4 is 0 Å². The summed E-state index contributed by atoms with van der Waals surface area (Å²) in [5.41, 5.74) is -7.79. The van der Waals surface area contributed by atoms with Crippen molar-refractivity contribution in [3.63, 3.8) is 0 Å². The summed E-state index contributed by atoms with van der Waals surface area (Å²) in [5.74, 6) is -3.96. The predicted octanol–water partition coefficient (Wildman–Crippen LogP) is 1.82. The van der Waals surface area contributed by atoms with Gasteiger partial charge in [-0.1, -0.05) is 0 Å². The number of hydrogen-bond acceptors (Lipinski definition) is 7. The van der Waals surface area contributed by atoms with E-state index in [1.807, 2.05) is 0 Å². The SMILES string of the molecule is O=C1C2CC3CC1CC(OC(=O)C(F)(F)S(=O)(=O)[N-]S(=O)(=O)C(F)(F)F)(C3)C2. The largest absolute Gasteiger partial charge is 0.480 e. The number of alkyl halides is 5. The lowest BCUT2D eigenvalue weighted by molar-refractivity contribution is -0.201. The van der Waals surface area contributed by atoms with Gasteiger partial charge in [-0.3, -0.25) is 4.79 Å². The molecule has 28 heavy (non-hydrogen) atoms. The number of hydrogen-bond donors (Lipinski definition) is 0. The number of halogens is 5. The second-order valence-corrected chi connectivity index (χ2v) is 10.8. The van der Waals surface area contributed by atoms with Crippen molar-refractivity contribution >= 4 is 31.8 Å². The van der Waals surface area contributed by atoms with Gasteiger partial charge in [0.1, 0.15) is 11.4 Å². The first-order chi connectivity index (χ1) is 12.5. The van der Waals surface area contributed by atoms with Crippen LogP contribution in [0, 0.1) is 17.8 Å². The van der Waals surface area contributed by atoms with E-state index in [1.54, 1.807) is 0 Å². The Morgan fingerprint density at radius 3 is 1.93 bits per heavy atom. The summed E-state index contributed by atoms with van der Waals surface area (Å²) >= 11 is 0. The molecular formula is C13H13F5NO7S2-. The first-order valence-corrected chi connectivity index (χ1v) is 10.8. The number of Topliss-reactive ketones (excluding diaryl/α,β-unsaturated/α-hetero) is 1. The van der Waals surface area contributed by atoms with Crippen LogP contribution in [0.3, 0.4) is 0 Å². The summed E-state index contributed by atoms with van der Waals surface area (Å²) in [7, 11) is -13.6. The van der Waals surface area contributed by atoms with E-state index in [1.165, 1.54) is 4.13 Å². The fourth-order valence-corrected chi connectivity index (χ4v) is 6.38. The van der Waals surface area contributed by atoms with Crippen LogP contribution in [0.4, 0.5) is 22.0 Å². The summed E-state index contributed by atoms with van der Waals surface area (Å²) in [6, 6.07) is 0. The highest BCUT2D eigenvalue weighted by Crippen LogP contribution is 2.56. The van der Waals surface area contributed by atoms with Gasteiger partial charge in [0.2, 0.25) is 0 Å². The van der Waals surface area contributed by atoms with Gasteiger partial charge in [-0.05, 0) is 38.0 Å². The van der Waals surface area contributed by atoms with Crippen LogP contribution in [0.2, 0.25) is 0 Å². The number of ketones is 1. The second-order valence-electron chi connectivity index (χ2n) is 7.31. The van der Waals surface area contributed by atoms with Crippen LogP contribution in [0.25, 0.3) is 4.13 Å². The van der Waals surface area contributed by atoms with Gasteiger partial charge in [0, 0.05) is 11.8 Å². The van der Waals surface area contributed by atoms with Gasteiger partial charge in [-0.15, -0.1) is 0 Å². The molecule has 4 rings (SSSR count). The minimum absolute atomic E-state index is 0.0896. The molecule has 0 aliphatic heterocycles. The number of sulfonamides is 2. The highest BCUT2D eigenvalue weighted by atomic mass is 32.3. The molecular weight excluding hydrogens is 441 g/mol. The van der Waals surface area contributed by atoms with Crippen LogP contribution in [-0.4, -0.2) is 45.0 Å². The Morgan fingerprint density at radius 1 is 0.964 bits per heavy atom. The van der Waals surface area contributed by atoms with Crippen molar-refractivity contribution in [2.24, 2.45) is 17.8 Å². The quantitative estimate of drug-likeness (QED) is 0.458. The molecule has 0 spiro atoms. The molecule has 0 saturated heterocycles. The fraction of sp³-hybridized carbons (Fsp3) is 0.846. The second kappa shape index (κ2) is 6.08. The topological polar surface area (TPSA) is 126 Å². The normalized spacial score (nSPS) is 33.2. The average molecular weight is 454 g/mol. The summed E-state index contributed by atoms with van der Waals surface area (Å²) in [6.07, 6.45) is 0.884. The Morgan fingerprint density at radius 2 is 1.46 bits per heavy atom. The zero-order valence-electron chi connectivity index (χ0n) is 13.8. The Bertz CT molecular complexity index is 909. The third-order valence-electron chi connectivity index (χ3n) is 5.30. The Labute approximate surface area is 155 Å². The van der Waals surface area contributed by atoms with E-state index in [4.69, 9.17) is 4.74 Å². The lowest BCUT2D eigenvalue weighted by Crippen LogP contribution is -2.58. The van der Waals surface area contributed by atoms with E-state index in [0.717, 1.165) is 0 Å². The molecule has 160 valence electrons. The number of carbonyl (C=O) groups is 2. The van der Waals surface area contributed by atoms with Gasteiger partial charge in [0.05, 0.1) is 0 Å². The van der Waals surface area contributed by atoms with Crippen molar-refractivity contribution in [1.82, 2.24) is 0 Å². The van der Waals surface area contributed by atoms with Crippen molar-refractivity contribution in [2.45, 2.75) is 48.5 Å². The molecule has 15 heteroatoms. The number of rotatable bonds is 5. The molecule has 8 nitrogen and oxygen atoms in total. The number of carbonyl (C=O) groups excluding carboxylic acids is 2. The van der Waals surface area contributed by atoms with Crippen molar-refractivity contribution < 1.29 is 53.1 Å². The Hall–Kier alpha value is -1.35. The van der Waals surface area contributed by atoms with Gasteiger partial charge in [-0.25, -0.2) is 21.6 Å². The number of esters is 1. The maximum atomic E-state index is 14.0. The first-order valence-electron chi connectivity index (χ1n) is 7.95. The minimum atomic E-state index is -6.83. The molecule has 0 aromatic heterocycles. The molecule has 4 aliphatic rings.